The van der Waals surface area contributed by atoms with Crippen LogP contribution in [0.1, 0.15) is 5.56 Å². The largest absolute Gasteiger partial charge is 0.464 e. The van der Waals surface area contributed by atoms with Crippen LogP contribution in [0.15, 0.2) is 28.9 Å². The van der Waals surface area contributed by atoms with Gasteiger partial charge in [0.25, 0.3) is 0 Å². The van der Waals surface area contributed by atoms with Gasteiger partial charge >= 0.3 is 0 Å². The van der Waals surface area contributed by atoms with Crippen LogP contribution in [0, 0.1) is 5.82 Å². The molecule has 0 unspecified atom stereocenters. The van der Waals surface area contributed by atoms with Crippen LogP contribution in [-0.4, -0.2) is 6.26 Å². The second-order valence-corrected chi connectivity index (χ2v) is 3.70. The number of hydrogen-bond acceptors (Lipinski definition) is 2. The van der Waals surface area contributed by atoms with E-state index in [-0.39, 0.29) is 5.82 Å². The minimum Gasteiger partial charge on any atom is -0.464 e. The minimum absolute atomic E-state index is 0.212. The number of hydrogen-bond donors (Lipinski definition) is 0. The van der Waals surface area contributed by atoms with Crippen LogP contribution in [0.25, 0.3) is 11.0 Å². The highest BCUT2D eigenvalue weighted by atomic mass is 32.2. The quantitative estimate of drug-likeness (QED) is 0.730. The zero-order chi connectivity index (χ0) is 9.26. The Hall–Kier alpha value is -0.960. The van der Waals surface area contributed by atoms with Crippen molar-refractivity contribution in [3.63, 3.8) is 0 Å². The molecule has 0 bridgehead atoms. The molecule has 0 N–H and O–H groups in total. The van der Waals surface area contributed by atoms with Gasteiger partial charge in [0, 0.05) is 16.7 Å². The normalized spacial score (nSPS) is 10.9. The van der Waals surface area contributed by atoms with Crippen molar-refractivity contribution in [3.05, 3.63) is 35.8 Å². The predicted molar refractivity (Wildman–Crippen MR) is 53.4 cm³/mol. The summed E-state index contributed by atoms with van der Waals surface area (Å²) >= 11 is 1.70. The van der Waals surface area contributed by atoms with E-state index in [1.807, 2.05) is 6.26 Å². The highest BCUT2D eigenvalue weighted by Gasteiger charge is 2.05. The molecule has 0 atom stereocenters. The molecule has 1 nitrogen and oxygen atoms in total. The monoisotopic (exact) mass is 196 g/mol. The Labute approximate surface area is 79.9 Å². The lowest BCUT2D eigenvalue weighted by atomic mass is 10.2. The SMILES string of the molecule is CSCc1coc2ccc(F)cc12. The summed E-state index contributed by atoms with van der Waals surface area (Å²) in [5, 5.41) is 0.884. The lowest BCUT2D eigenvalue weighted by molar-refractivity contribution is 0.607. The summed E-state index contributed by atoms with van der Waals surface area (Å²) in [6.07, 6.45) is 3.71. The fourth-order valence-electron chi connectivity index (χ4n) is 1.32. The van der Waals surface area contributed by atoms with E-state index in [2.05, 4.69) is 0 Å². The van der Waals surface area contributed by atoms with E-state index in [9.17, 15) is 4.39 Å². The van der Waals surface area contributed by atoms with Crippen LogP contribution in [0.4, 0.5) is 4.39 Å². The molecular formula is C10H9FOS. The maximum Gasteiger partial charge on any atom is 0.134 e. The molecule has 68 valence electrons. The van der Waals surface area contributed by atoms with Gasteiger partial charge in [0.1, 0.15) is 11.4 Å². The van der Waals surface area contributed by atoms with Crippen LogP contribution in [0.5, 0.6) is 0 Å². The molecule has 0 saturated heterocycles. The highest BCUT2D eigenvalue weighted by molar-refractivity contribution is 7.97. The summed E-state index contributed by atoms with van der Waals surface area (Å²) in [5.74, 6) is 0.646. The molecule has 0 spiro atoms. The lowest BCUT2D eigenvalue weighted by Crippen LogP contribution is -1.77. The van der Waals surface area contributed by atoms with Crippen molar-refractivity contribution in [2.45, 2.75) is 5.75 Å². The van der Waals surface area contributed by atoms with Gasteiger partial charge in [-0.2, -0.15) is 11.8 Å². The highest BCUT2D eigenvalue weighted by Crippen LogP contribution is 2.24. The van der Waals surface area contributed by atoms with Gasteiger partial charge < -0.3 is 4.42 Å². The van der Waals surface area contributed by atoms with Crippen molar-refractivity contribution in [1.29, 1.82) is 0 Å². The van der Waals surface area contributed by atoms with Crippen molar-refractivity contribution in [2.24, 2.45) is 0 Å². The summed E-state index contributed by atoms with van der Waals surface area (Å²) in [5.41, 5.74) is 1.81. The lowest BCUT2D eigenvalue weighted by Gasteiger charge is -1.93. The molecule has 13 heavy (non-hydrogen) atoms. The Morgan fingerprint density at radius 1 is 1.46 bits per heavy atom. The van der Waals surface area contributed by atoms with E-state index >= 15 is 0 Å². The molecule has 2 aromatic rings. The van der Waals surface area contributed by atoms with Crippen molar-refractivity contribution >= 4 is 22.7 Å². The fourth-order valence-corrected chi connectivity index (χ4v) is 1.86. The van der Waals surface area contributed by atoms with E-state index < -0.39 is 0 Å². The van der Waals surface area contributed by atoms with E-state index in [1.54, 1.807) is 24.1 Å². The first-order chi connectivity index (χ1) is 6.31. The van der Waals surface area contributed by atoms with Gasteiger partial charge in [-0.05, 0) is 24.5 Å². The number of thioether (sulfide) groups is 1. The first-order valence-corrected chi connectivity index (χ1v) is 5.35. The first kappa shape index (κ1) is 8.63. The second kappa shape index (κ2) is 3.42. The third kappa shape index (κ3) is 1.56. The summed E-state index contributed by atoms with van der Waals surface area (Å²) in [6, 6.07) is 4.59. The molecule has 0 amide bonds. The van der Waals surface area contributed by atoms with Gasteiger partial charge in [0.05, 0.1) is 6.26 Å². The summed E-state index contributed by atoms with van der Waals surface area (Å²) < 4.78 is 18.2. The fraction of sp³-hybridized carbons (Fsp3) is 0.200. The van der Waals surface area contributed by atoms with Crippen molar-refractivity contribution in [2.75, 3.05) is 6.26 Å². The Kier molecular flexibility index (Phi) is 2.27. The molecule has 0 aliphatic rings. The van der Waals surface area contributed by atoms with Crippen molar-refractivity contribution in [3.8, 4) is 0 Å². The smallest absolute Gasteiger partial charge is 0.134 e. The van der Waals surface area contributed by atoms with Gasteiger partial charge in [0.2, 0.25) is 0 Å². The van der Waals surface area contributed by atoms with Gasteiger partial charge in [0.15, 0.2) is 0 Å². The molecule has 1 aromatic heterocycles. The molecule has 0 saturated carbocycles. The summed E-state index contributed by atoms with van der Waals surface area (Å²) in [7, 11) is 0. The summed E-state index contributed by atoms with van der Waals surface area (Å²) in [6.45, 7) is 0. The predicted octanol–water partition coefficient (Wildman–Crippen LogP) is 3.43. The third-order valence-corrected chi connectivity index (χ3v) is 2.52. The van der Waals surface area contributed by atoms with Gasteiger partial charge in [-0.25, -0.2) is 4.39 Å². The zero-order valence-corrected chi connectivity index (χ0v) is 8.03. The number of fused-ring (bicyclic) bond motifs is 1. The Balaban J connectivity index is 2.58. The molecule has 1 heterocycles. The number of rotatable bonds is 2. The standard InChI is InChI=1S/C10H9FOS/c1-13-6-7-5-12-10-3-2-8(11)4-9(7)10/h2-5H,6H2,1H3. The first-order valence-electron chi connectivity index (χ1n) is 3.96. The Morgan fingerprint density at radius 2 is 2.31 bits per heavy atom. The van der Waals surface area contributed by atoms with Gasteiger partial charge in [-0.15, -0.1) is 0 Å². The Bertz CT molecular complexity index is 422. The van der Waals surface area contributed by atoms with E-state index in [0.717, 1.165) is 22.3 Å². The molecule has 0 radical (unpaired) electrons. The van der Waals surface area contributed by atoms with E-state index in [0.29, 0.717) is 0 Å². The molecular weight excluding hydrogens is 187 g/mol. The van der Waals surface area contributed by atoms with Gasteiger partial charge in [-0.3, -0.25) is 0 Å². The number of benzene rings is 1. The van der Waals surface area contributed by atoms with Crippen LogP contribution >= 0.6 is 11.8 Å². The molecule has 0 aliphatic carbocycles. The van der Waals surface area contributed by atoms with Crippen LogP contribution in [0.3, 0.4) is 0 Å². The number of halogens is 1. The van der Waals surface area contributed by atoms with E-state index in [4.69, 9.17) is 4.42 Å². The minimum atomic E-state index is -0.212. The molecule has 3 heteroatoms. The topological polar surface area (TPSA) is 13.1 Å². The average Bonchev–Trinajstić information content (AvgIpc) is 2.49. The van der Waals surface area contributed by atoms with Crippen LogP contribution < -0.4 is 0 Å². The molecule has 0 fully saturated rings. The van der Waals surface area contributed by atoms with E-state index in [1.165, 1.54) is 12.1 Å². The molecule has 2 rings (SSSR count). The summed E-state index contributed by atoms with van der Waals surface area (Å²) in [4.78, 5) is 0. The van der Waals surface area contributed by atoms with Crippen LogP contribution in [-0.2, 0) is 5.75 Å². The second-order valence-electron chi connectivity index (χ2n) is 2.83. The maximum absolute atomic E-state index is 12.9. The zero-order valence-electron chi connectivity index (χ0n) is 7.21. The van der Waals surface area contributed by atoms with Crippen molar-refractivity contribution in [1.82, 2.24) is 0 Å². The van der Waals surface area contributed by atoms with Gasteiger partial charge in [-0.1, -0.05) is 0 Å². The van der Waals surface area contributed by atoms with Crippen LogP contribution in [0.2, 0.25) is 0 Å². The third-order valence-electron chi connectivity index (χ3n) is 1.92. The average molecular weight is 196 g/mol. The molecule has 1 aromatic carbocycles. The number of furan rings is 1. The Morgan fingerprint density at radius 3 is 3.08 bits per heavy atom. The molecule has 0 aliphatic heterocycles. The maximum atomic E-state index is 12.9. The van der Waals surface area contributed by atoms with Crippen molar-refractivity contribution < 1.29 is 8.81 Å².